The molecule has 0 aromatic heterocycles. The molecule has 88 valence electrons. The monoisotopic (exact) mass is 213 g/mol. The van der Waals surface area contributed by atoms with Gasteiger partial charge in [0.05, 0.1) is 12.1 Å². The van der Waals surface area contributed by atoms with Gasteiger partial charge in [0.1, 0.15) is 0 Å². The summed E-state index contributed by atoms with van der Waals surface area (Å²) in [4.78, 5) is 13.3. The Bertz CT molecular complexity index is 244. The molecule has 1 amide bonds. The van der Waals surface area contributed by atoms with E-state index < -0.39 is 0 Å². The SMILES string of the molecule is COC1(C(C)(C)C)CCCN(C(C)=O)C1. The first-order chi connectivity index (χ1) is 6.82. The number of hydrogen-bond donors (Lipinski definition) is 0. The van der Waals surface area contributed by atoms with Crippen molar-refractivity contribution in [3.63, 3.8) is 0 Å². The predicted octanol–water partition coefficient (Wildman–Crippen LogP) is 2.06. The average molecular weight is 213 g/mol. The Labute approximate surface area is 92.8 Å². The quantitative estimate of drug-likeness (QED) is 0.667. The van der Waals surface area contributed by atoms with Crippen LogP contribution in [0.5, 0.6) is 0 Å². The van der Waals surface area contributed by atoms with E-state index in [9.17, 15) is 4.79 Å². The minimum Gasteiger partial charge on any atom is -0.376 e. The van der Waals surface area contributed by atoms with Crippen molar-refractivity contribution < 1.29 is 9.53 Å². The highest BCUT2D eigenvalue weighted by atomic mass is 16.5. The molecule has 0 aromatic rings. The lowest BCUT2D eigenvalue weighted by molar-refractivity contribution is -0.153. The van der Waals surface area contributed by atoms with Crippen LogP contribution in [-0.2, 0) is 9.53 Å². The van der Waals surface area contributed by atoms with E-state index in [0.29, 0.717) is 0 Å². The minimum absolute atomic E-state index is 0.0653. The maximum Gasteiger partial charge on any atom is 0.219 e. The number of rotatable bonds is 1. The van der Waals surface area contributed by atoms with Crippen molar-refractivity contribution in [3.05, 3.63) is 0 Å². The van der Waals surface area contributed by atoms with Gasteiger partial charge in [-0.25, -0.2) is 0 Å². The molecule has 0 bridgehead atoms. The van der Waals surface area contributed by atoms with Crippen molar-refractivity contribution in [2.24, 2.45) is 5.41 Å². The molecule has 0 aromatic carbocycles. The standard InChI is InChI=1S/C12H23NO2/c1-10(14)13-8-6-7-12(9-13,15-5)11(2,3)4/h6-9H2,1-5H3. The molecular formula is C12H23NO2. The molecule has 3 heteroatoms. The summed E-state index contributed by atoms with van der Waals surface area (Å²) in [5.41, 5.74) is -0.118. The fourth-order valence-corrected chi connectivity index (χ4v) is 2.38. The lowest BCUT2D eigenvalue weighted by atomic mass is 9.71. The molecule has 1 unspecified atom stereocenters. The van der Waals surface area contributed by atoms with Gasteiger partial charge in [0.15, 0.2) is 0 Å². The van der Waals surface area contributed by atoms with Crippen molar-refractivity contribution >= 4 is 5.91 Å². The highest BCUT2D eigenvalue weighted by Crippen LogP contribution is 2.40. The zero-order valence-corrected chi connectivity index (χ0v) is 10.6. The number of piperidine rings is 1. The molecule has 3 nitrogen and oxygen atoms in total. The third-order valence-corrected chi connectivity index (χ3v) is 3.66. The van der Waals surface area contributed by atoms with E-state index in [2.05, 4.69) is 20.8 Å². The summed E-state index contributed by atoms with van der Waals surface area (Å²) >= 11 is 0. The first-order valence-electron chi connectivity index (χ1n) is 5.63. The Balaban J connectivity index is 2.87. The van der Waals surface area contributed by atoms with Crippen molar-refractivity contribution in [3.8, 4) is 0 Å². The third-order valence-electron chi connectivity index (χ3n) is 3.66. The number of nitrogens with zero attached hydrogens (tertiary/aromatic N) is 1. The van der Waals surface area contributed by atoms with Gasteiger partial charge in [0, 0.05) is 20.6 Å². The molecule has 0 radical (unpaired) electrons. The molecule has 1 saturated heterocycles. The van der Waals surface area contributed by atoms with Gasteiger partial charge in [0.2, 0.25) is 5.91 Å². The molecule has 0 N–H and O–H groups in total. The van der Waals surface area contributed by atoms with Crippen LogP contribution >= 0.6 is 0 Å². The Morgan fingerprint density at radius 2 is 2.00 bits per heavy atom. The van der Waals surface area contributed by atoms with Crippen LogP contribution in [0.25, 0.3) is 0 Å². The van der Waals surface area contributed by atoms with Gasteiger partial charge in [-0.1, -0.05) is 20.8 Å². The molecule has 1 aliphatic rings. The first kappa shape index (κ1) is 12.5. The van der Waals surface area contributed by atoms with Crippen LogP contribution in [0.1, 0.15) is 40.5 Å². The highest BCUT2D eigenvalue weighted by molar-refractivity contribution is 5.73. The van der Waals surface area contributed by atoms with Crippen molar-refractivity contribution in [2.45, 2.75) is 46.1 Å². The first-order valence-corrected chi connectivity index (χ1v) is 5.63. The number of carbonyl (C=O) groups is 1. The van der Waals surface area contributed by atoms with Gasteiger partial charge in [-0.2, -0.15) is 0 Å². The van der Waals surface area contributed by atoms with Crippen LogP contribution in [0, 0.1) is 5.41 Å². The van der Waals surface area contributed by atoms with E-state index in [0.717, 1.165) is 25.9 Å². The average Bonchev–Trinajstić information content (AvgIpc) is 2.16. The van der Waals surface area contributed by atoms with Gasteiger partial charge in [-0.15, -0.1) is 0 Å². The second kappa shape index (κ2) is 4.12. The zero-order chi connectivity index (χ0) is 11.7. The molecule has 0 aliphatic carbocycles. The maximum absolute atomic E-state index is 11.4. The molecule has 1 heterocycles. The second-order valence-corrected chi connectivity index (χ2v) is 5.49. The van der Waals surface area contributed by atoms with Crippen LogP contribution in [-0.4, -0.2) is 36.6 Å². The van der Waals surface area contributed by atoms with Crippen LogP contribution < -0.4 is 0 Å². The van der Waals surface area contributed by atoms with Gasteiger partial charge in [-0.05, 0) is 18.3 Å². The van der Waals surface area contributed by atoms with E-state index in [4.69, 9.17) is 4.74 Å². The van der Waals surface area contributed by atoms with Crippen LogP contribution in [0.2, 0.25) is 0 Å². The predicted molar refractivity (Wildman–Crippen MR) is 60.7 cm³/mol. The number of hydrogen-bond acceptors (Lipinski definition) is 2. The fourth-order valence-electron chi connectivity index (χ4n) is 2.38. The van der Waals surface area contributed by atoms with E-state index in [-0.39, 0.29) is 16.9 Å². The normalized spacial score (nSPS) is 27.9. The molecule has 1 atom stereocenters. The third kappa shape index (κ3) is 2.33. The number of amides is 1. The summed E-state index contributed by atoms with van der Waals surface area (Å²) < 4.78 is 5.73. The highest BCUT2D eigenvalue weighted by Gasteiger charge is 2.45. The second-order valence-electron chi connectivity index (χ2n) is 5.49. The number of likely N-dealkylation sites (tertiary alicyclic amines) is 1. The summed E-state index contributed by atoms with van der Waals surface area (Å²) in [5.74, 6) is 0.153. The van der Waals surface area contributed by atoms with Crippen LogP contribution in [0.4, 0.5) is 0 Å². The Hall–Kier alpha value is -0.570. The lowest BCUT2D eigenvalue weighted by Crippen LogP contribution is -2.57. The molecule has 1 rings (SSSR count). The molecule has 1 fully saturated rings. The number of methoxy groups -OCH3 is 1. The van der Waals surface area contributed by atoms with E-state index >= 15 is 0 Å². The summed E-state index contributed by atoms with van der Waals surface area (Å²) in [6, 6.07) is 0. The Morgan fingerprint density at radius 3 is 2.40 bits per heavy atom. The van der Waals surface area contributed by atoms with E-state index in [1.807, 2.05) is 4.90 Å². The number of ether oxygens (including phenoxy) is 1. The smallest absolute Gasteiger partial charge is 0.219 e. The van der Waals surface area contributed by atoms with Crippen molar-refractivity contribution in [1.82, 2.24) is 4.90 Å². The van der Waals surface area contributed by atoms with Crippen LogP contribution in [0.15, 0.2) is 0 Å². The molecule has 0 spiro atoms. The zero-order valence-electron chi connectivity index (χ0n) is 10.6. The number of carbonyl (C=O) groups excluding carboxylic acids is 1. The Morgan fingerprint density at radius 1 is 1.40 bits per heavy atom. The topological polar surface area (TPSA) is 29.5 Å². The van der Waals surface area contributed by atoms with Gasteiger partial charge >= 0.3 is 0 Å². The van der Waals surface area contributed by atoms with Gasteiger partial charge in [-0.3, -0.25) is 4.79 Å². The minimum atomic E-state index is -0.184. The summed E-state index contributed by atoms with van der Waals surface area (Å²) in [6.45, 7) is 9.77. The molecular weight excluding hydrogens is 190 g/mol. The molecule has 0 saturated carbocycles. The summed E-state index contributed by atoms with van der Waals surface area (Å²) in [6.07, 6.45) is 2.07. The van der Waals surface area contributed by atoms with Crippen molar-refractivity contribution in [2.75, 3.05) is 20.2 Å². The van der Waals surface area contributed by atoms with Crippen LogP contribution in [0.3, 0.4) is 0 Å². The van der Waals surface area contributed by atoms with E-state index in [1.54, 1.807) is 14.0 Å². The largest absolute Gasteiger partial charge is 0.376 e. The van der Waals surface area contributed by atoms with Gasteiger partial charge < -0.3 is 9.64 Å². The summed E-state index contributed by atoms with van der Waals surface area (Å²) in [5, 5.41) is 0. The fraction of sp³-hybridized carbons (Fsp3) is 0.917. The van der Waals surface area contributed by atoms with Crippen molar-refractivity contribution in [1.29, 1.82) is 0 Å². The van der Waals surface area contributed by atoms with E-state index in [1.165, 1.54) is 0 Å². The maximum atomic E-state index is 11.4. The van der Waals surface area contributed by atoms with Gasteiger partial charge in [0.25, 0.3) is 0 Å². The Kier molecular flexibility index (Phi) is 3.44. The lowest BCUT2D eigenvalue weighted by Gasteiger charge is -2.49. The molecule has 15 heavy (non-hydrogen) atoms. The molecule has 1 aliphatic heterocycles. The summed E-state index contributed by atoms with van der Waals surface area (Å²) in [7, 11) is 1.76.